The van der Waals surface area contributed by atoms with Gasteiger partial charge in [-0.25, -0.2) is 4.79 Å². The van der Waals surface area contributed by atoms with Crippen LogP contribution in [0.15, 0.2) is 47.4 Å². The summed E-state index contributed by atoms with van der Waals surface area (Å²) in [6, 6.07) is 10.2. The number of alkyl carbamates (subject to hydrolysis) is 1. The summed E-state index contributed by atoms with van der Waals surface area (Å²) in [7, 11) is -1.65. The number of aryl methyl sites for hydroxylation is 1. The van der Waals surface area contributed by atoms with Gasteiger partial charge in [0.1, 0.15) is 17.3 Å². The first kappa shape index (κ1) is 23.6. The van der Waals surface area contributed by atoms with Crippen LogP contribution in [-0.4, -0.2) is 47.2 Å². The number of rotatable bonds is 7. The van der Waals surface area contributed by atoms with Crippen molar-refractivity contribution >= 4 is 39.5 Å². The minimum Gasteiger partial charge on any atom is -0.453 e. The Bertz CT molecular complexity index is 1090. The lowest BCUT2D eigenvalue weighted by atomic mass is 10.2. The van der Waals surface area contributed by atoms with Crippen LogP contribution < -0.4 is 20.1 Å². The molecule has 0 aliphatic heterocycles. The summed E-state index contributed by atoms with van der Waals surface area (Å²) in [6.07, 6.45) is -0.892. The smallest absolute Gasteiger partial charge is 0.413 e. The molecule has 0 spiro atoms. The third-order valence-corrected chi connectivity index (χ3v) is 4.94. The molecule has 166 valence electrons. The molecular formula is C19H22N4O7S. The van der Waals surface area contributed by atoms with Crippen molar-refractivity contribution in [3.8, 4) is 5.75 Å². The number of ether oxygens (including phenoxy) is 2. The van der Waals surface area contributed by atoms with Gasteiger partial charge in [-0.05, 0) is 36.8 Å². The fourth-order valence-electron chi connectivity index (χ4n) is 2.37. The van der Waals surface area contributed by atoms with E-state index in [9.17, 15) is 18.0 Å². The van der Waals surface area contributed by atoms with E-state index in [1.807, 2.05) is 0 Å². The summed E-state index contributed by atoms with van der Waals surface area (Å²) >= 11 is 0. The van der Waals surface area contributed by atoms with E-state index in [0.717, 1.165) is 12.7 Å². The first-order chi connectivity index (χ1) is 14.6. The van der Waals surface area contributed by atoms with E-state index in [1.165, 1.54) is 37.4 Å². The molecule has 0 aromatic heterocycles. The molecule has 0 aliphatic rings. The highest BCUT2D eigenvalue weighted by atomic mass is 32.2. The van der Waals surface area contributed by atoms with Gasteiger partial charge < -0.3 is 24.3 Å². The normalized spacial score (nSPS) is 10.7. The van der Waals surface area contributed by atoms with Gasteiger partial charge in [0.15, 0.2) is 0 Å². The Kier molecular flexibility index (Phi) is 7.94. The molecule has 31 heavy (non-hydrogen) atoms. The summed E-state index contributed by atoms with van der Waals surface area (Å²) in [4.78, 5) is 23.1. The van der Waals surface area contributed by atoms with Crippen molar-refractivity contribution in [2.75, 3.05) is 31.5 Å². The number of carbonyl (C=O) groups is 2. The Morgan fingerprint density at radius 2 is 1.77 bits per heavy atom. The van der Waals surface area contributed by atoms with Crippen LogP contribution in [0.25, 0.3) is 0 Å². The third-order valence-electron chi connectivity index (χ3n) is 3.70. The van der Waals surface area contributed by atoms with E-state index in [1.54, 1.807) is 19.1 Å². The minimum absolute atomic E-state index is 0.0282. The second-order valence-corrected chi connectivity index (χ2v) is 7.71. The van der Waals surface area contributed by atoms with E-state index < -0.39 is 28.1 Å². The van der Waals surface area contributed by atoms with Gasteiger partial charge in [-0.2, -0.15) is 8.42 Å². The number of hydrogen-bond donors (Lipinski definition) is 4. The lowest BCUT2D eigenvalue weighted by molar-refractivity contribution is -0.119. The lowest BCUT2D eigenvalue weighted by Crippen LogP contribution is -2.35. The van der Waals surface area contributed by atoms with Crippen molar-refractivity contribution in [3.63, 3.8) is 0 Å². The summed E-state index contributed by atoms with van der Waals surface area (Å²) in [5.41, 5.74) is 1.02. The molecule has 0 unspecified atom stereocenters. The molecule has 2 aromatic carbocycles. The molecule has 2 aromatic rings. The second-order valence-electron chi connectivity index (χ2n) is 6.16. The first-order valence-corrected chi connectivity index (χ1v) is 10.2. The fourth-order valence-corrected chi connectivity index (χ4v) is 3.40. The summed E-state index contributed by atoms with van der Waals surface area (Å²) in [5, 5.41) is 15.0. The Morgan fingerprint density at radius 3 is 2.42 bits per heavy atom. The van der Waals surface area contributed by atoms with Crippen molar-refractivity contribution < 1.29 is 31.7 Å². The van der Waals surface area contributed by atoms with E-state index in [-0.39, 0.29) is 28.6 Å². The maximum absolute atomic E-state index is 12.6. The van der Waals surface area contributed by atoms with Gasteiger partial charge >= 0.3 is 16.2 Å². The molecule has 2 amide bonds. The molecule has 0 radical (unpaired) electrons. The molecule has 0 fully saturated rings. The molecule has 0 atom stereocenters. The number of methoxy groups -OCH3 is 2. The highest BCUT2D eigenvalue weighted by Gasteiger charge is 2.18. The van der Waals surface area contributed by atoms with Gasteiger partial charge in [-0.3, -0.25) is 15.5 Å². The number of benzene rings is 2. The molecule has 11 nitrogen and oxygen atoms in total. The minimum atomic E-state index is -4.13. The van der Waals surface area contributed by atoms with E-state index in [0.29, 0.717) is 0 Å². The summed E-state index contributed by atoms with van der Waals surface area (Å²) < 4.78 is 39.5. The van der Waals surface area contributed by atoms with Crippen LogP contribution in [0.1, 0.15) is 5.56 Å². The average Bonchev–Trinajstić information content (AvgIpc) is 2.69. The fraction of sp³-hybridized carbons (Fsp3) is 0.211. The maximum atomic E-state index is 12.6. The van der Waals surface area contributed by atoms with Gasteiger partial charge in [0, 0.05) is 13.2 Å². The predicted octanol–water partition coefficient (Wildman–Crippen LogP) is 2.05. The quantitative estimate of drug-likeness (QED) is 0.284. The number of nitrogens with one attached hydrogen (secondary N) is 4. The zero-order valence-electron chi connectivity index (χ0n) is 17.0. The van der Waals surface area contributed by atoms with Crippen LogP contribution in [0.4, 0.5) is 16.2 Å². The lowest BCUT2D eigenvalue weighted by Gasteiger charge is -2.16. The number of anilines is 2. The molecule has 0 saturated carbocycles. The topological polar surface area (TPSA) is 156 Å². The Labute approximate surface area is 179 Å². The Hall–Kier alpha value is -3.64. The second kappa shape index (κ2) is 10.4. The monoisotopic (exact) mass is 450 g/mol. The van der Waals surface area contributed by atoms with Crippen LogP contribution in [-0.2, 0) is 24.4 Å². The molecule has 2 rings (SSSR count). The van der Waals surface area contributed by atoms with Crippen LogP contribution in [0.2, 0.25) is 0 Å². The zero-order valence-corrected chi connectivity index (χ0v) is 17.8. The van der Waals surface area contributed by atoms with Gasteiger partial charge in [0.25, 0.3) is 0 Å². The van der Waals surface area contributed by atoms with Gasteiger partial charge in [-0.1, -0.05) is 12.1 Å². The van der Waals surface area contributed by atoms with Crippen LogP contribution in [0, 0.1) is 12.3 Å². The Morgan fingerprint density at radius 1 is 1.03 bits per heavy atom. The molecular weight excluding hydrogens is 428 g/mol. The molecule has 0 saturated heterocycles. The summed E-state index contributed by atoms with van der Waals surface area (Å²) in [6.45, 7) is 1.52. The molecule has 12 heteroatoms. The van der Waals surface area contributed by atoms with Crippen molar-refractivity contribution in [2.24, 2.45) is 0 Å². The molecule has 0 aliphatic carbocycles. The van der Waals surface area contributed by atoms with Gasteiger partial charge in [0.05, 0.1) is 18.5 Å². The third kappa shape index (κ3) is 6.97. The summed E-state index contributed by atoms with van der Waals surface area (Å²) in [5.74, 6) is -1.05. The highest BCUT2D eigenvalue weighted by Crippen LogP contribution is 2.29. The predicted molar refractivity (Wildman–Crippen MR) is 113 cm³/mol. The van der Waals surface area contributed by atoms with Gasteiger partial charge in [-0.15, -0.1) is 0 Å². The van der Waals surface area contributed by atoms with E-state index in [4.69, 9.17) is 14.3 Å². The number of carbonyl (C=O) groups excluding carboxylic acids is 2. The van der Waals surface area contributed by atoms with Crippen LogP contribution in [0.3, 0.4) is 0 Å². The van der Waals surface area contributed by atoms with E-state index >= 15 is 0 Å². The average molecular weight is 450 g/mol. The van der Waals surface area contributed by atoms with Crippen LogP contribution in [0.5, 0.6) is 5.75 Å². The molecule has 0 heterocycles. The zero-order chi connectivity index (χ0) is 23.0. The SMILES string of the molecule is COCC(=O)Nc1ccc(OS(=O)(=O)c2cccc(C)c2)cc1NC(=N)NC(=O)OC. The molecule has 4 N–H and O–H groups in total. The first-order valence-electron chi connectivity index (χ1n) is 8.79. The van der Waals surface area contributed by atoms with Gasteiger partial charge in [0.2, 0.25) is 11.9 Å². The highest BCUT2D eigenvalue weighted by molar-refractivity contribution is 7.87. The maximum Gasteiger partial charge on any atom is 0.413 e. The largest absolute Gasteiger partial charge is 0.453 e. The van der Waals surface area contributed by atoms with Crippen molar-refractivity contribution in [2.45, 2.75) is 11.8 Å². The number of guanidine groups is 1. The van der Waals surface area contributed by atoms with E-state index in [2.05, 4.69) is 20.7 Å². The standard InChI is InChI=1S/C19H22N4O7S/c1-12-5-4-6-14(9-12)31(26,27)30-13-7-8-15(21-17(24)11-28-2)16(10-13)22-18(20)23-19(25)29-3/h4-10H,11H2,1-3H3,(H,21,24)(H3,20,22,23,25). The number of hydrogen-bond acceptors (Lipinski definition) is 8. The number of amides is 2. The van der Waals surface area contributed by atoms with Crippen molar-refractivity contribution in [1.29, 1.82) is 5.41 Å². The molecule has 0 bridgehead atoms. The Balaban J connectivity index is 2.33. The van der Waals surface area contributed by atoms with Crippen LogP contribution >= 0.6 is 0 Å². The van der Waals surface area contributed by atoms with Crippen molar-refractivity contribution in [1.82, 2.24) is 5.32 Å². The van der Waals surface area contributed by atoms with Crippen molar-refractivity contribution in [3.05, 3.63) is 48.0 Å².